The fraction of sp³-hybridized carbons (Fsp3) is 0.400. The Bertz CT molecular complexity index is 658. The highest BCUT2D eigenvalue weighted by atomic mass is 79.9. The van der Waals surface area contributed by atoms with Crippen LogP contribution in [0.1, 0.15) is 36.5 Å². The van der Waals surface area contributed by atoms with E-state index in [1.54, 1.807) is 7.11 Å². The third-order valence-corrected chi connectivity index (χ3v) is 4.60. The molecule has 0 saturated carbocycles. The van der Waals surface area contributed by atoms with Gasteiger partial charge in [0.15, 0.2) is 11.5 Å². The Hall–Kier alpha value is -1.52. The quantitative estimate of drug-likeness (QED) is 0.593. The predicted octanol–water partition coefficient (Wildman–Crippen LogP) is 5.23. The highest BCUT2D eigenvalue weighted by molar-refractivity contribution is 9.10. The molecule has 0 heterocycles. The second-order valence-corrected chi connectivity index (χ2v) is 6.72. The number of nitrogens with one attached hydrogen (secondary N) is 1. The Morgan fingerprint density at radius 3 is 2.71 bits per heavy atom. The Morgan fingerprint density at radius 2 is 2.00 bits per heavy atom. The lowest BCUT2D eigenvalue weighted by molar-refractivity contribution is 0.280. The minimum absolute atomic E-state index is 0.524. The zero-order chi connectivity index (χ0) is 17.4. The molecule has 0 aliphatic carbocycles. The van der Waals surface area contributed by atoms with E-state index in [4.69, 9.17) is 9.47 Å². The van der Waals surface area contributed by atoms with E-state index in [0.717, 1.165) is 40.2 Å². The average molecular weight is 392 g/mol. The van der Waals surface area contributed by atoms with Crippen LogP contribution in [0.5, 0.6) is 11.5 Å². The maximum Gasteiger partial charge on any atom is 0.167 e. The Morgan fingerprint density at radius 1 is 1.17 bits per heavy atom. The minimum Gasteiger partial charge on any atom is -0.493 e. The van der Waals surface area contributed by atoms with Gasteiger partial charge >= 0.3 is 0 Å². The molecule has 0 aromatic heterocycles. The van der Waals surface area contributed by atoms with E-state index in [0.29, 0.717) is 6.61 Å². The molecule has 130 valence electrons. The molecular formula is C20H26BrNO2. The summed E-state index contributed by atoms with van der Waals surface area (Å²) in [6.07, 6.45) is 2.35. The van der Waals surface area contributed by atoms with Crippen molar-refractivity contribution in [3.8, 4) is 11.5 Å². The van der Waals surface area contributed by atoms with Gasteiger partial charge in [-0.25, -0.2) is 0 Å². The fourth-order valence-corrected chi connectivity index (χ4v) is 2.99. The van der Waals surface area contributed by atoms with Gasteiger partial charge in [-0.05, 0) is 37.6 Å². The van der Waals surface area contributed by atoms with Gasteiger partial charge in [0.1, 0.15) is 6.61 Å². The number of unbranched alkanes of at least 4 members (excludes halogenated alkanes) is 1. The first-order chi connectivity index (χ1) is 11.7. The van der Waals surface area contributed by atoms with Crippen LogP contribution in [0.2, 0.25) is 0 Å². The number of methoxy groups -OCH3 is 1. The van der Waals surface area contributed by atoms with Crippen molar-refractivity contribution in [1.29, 1.82) is 0 Å². The third kappa shape index (κ3) is 5.25. The number of benzene rings is 2. The molecule has 3 nitrogen and oxygen atoms in total. The summed E-state index contributed by atoms with van der Waals surface area (Å²) >= 11 is 3.64. The highest BCUT2D eigenvalue weighted by Gasteiger charge is 2.14. The molecule has 1 N–H and O–H groups in total. The summed E-state index contributed by atoms with van der Waals surface area (Å²) in [5.41, 5.74) is 3.48. The number of hydrogen-bond donors (Lipinski definition) is 1. The third-order valence-electron chi connectivity index (χ3n) is 3.86. The van der Waals surface area contributed by atoms with Crippen LogP contribution in [-0.2, 0) is 13.2 Å². The Kier molecular flexibility index (Phi) is 7.60. The van der Waals surface area contributed by atoms with Crippen LogP contribution < -0.4 is 14.8 Å². The summed E-state index contributed by atoms with van der Waals surface area (Å²) in [6.45, 7) is 6.56. The van der Waals surface area contributed by atoms with Crippen molar-refractivity contribution in [3.05, 3.63) is 57.6 Å². The molecular weight excluding hydrogens is 366 g/mol. The zero-order valence-corrected chi connectivity index (χ0v) is 16.3. The van der Waals surface area contributed by atoms with Gasteiger partial charge in [-0.1, -0.05) is 59.1 Å². The molecule has 0 atom stereocenters. The van der Waals surface area contributed by atoms with Crippen LogP contribution in [0, 0.1) is 6.92 Å². The first-order valence-electron chi connectivity index (χ1n) is 8.40. The van der Waals surface area contributed by atoms with Gasteiger partial charge in [-0.2, -0.15) is 0 Å². The van der Waals surface area contributed by atoms with Crippen molar-refractivity contribution in [1.82, 2.24) is 5.32 Å². The van der Waals surface area contributed by atoms with Gasteiger partial charge in [-0.15, -0.1) is 0 Å². The lowest BCUT2D eigenvalue weighted by Crippen LogP contribution is -2.16. The average Bonchev–Trinajstić information content (AvgIpc) is 2.58. The minimum atomic E-state index is 0.524. The van der Waals surface area contributed by atoms with Crippen molar-refractivity contribution in [2.75, 3.05) is 13.7 Å². The summed E-state index contributed by atoms with van der Waals surface area (Å²) < 4.78 is 12.7. The van der Waals surface area contributed by atoms with Crippen LogP contribution in [0.15, 0.2) is 40.9 Å². The monoisotopic (exact) mass is 391 g/mol. The molecule has 4 heteroatoms. The molecule has 0 fully saturated rings. The molecule has 2 aromatic rings. The van der Waals surface area contributed by atoms with Crippen molar-refractivity contribution in [2.24, 2.45) is 0 Å². The van der Waals surface area contributed by atoms with E-state index in [1.165, 1.54) is 18.4 Å². The molecule has 2 rings (SSSR count). The molecule has 0 spiro atoms. The van der Waals surface area contributed by atoms with E-state index < -0.39 is 0 Å². The first kappa shape index (κ1) is 18.8. The molecule has 2 aromatic carbocycles. The molecule has 0 unspecified atom stereocenters. The molecule has 0 saturated heterocycles. The highest BCUT2D eigenvalue weighted by Crippen LogP contribution is 2.36. The number of halogens is 1. The molecule has 24 heavy (non-hydrogen) atoms. The standard InChI is InChI=1S/C20H26BrNO2/c1-4-5-11-22-13-17-18(21)9-10-19(23-3)20(17)24-14-16-8-6-7-15(2)12-16/h6-10,12,22H,4-5,11,13-14H2,1-3H3. The number of rotatable bonds is 9. The summed E-state index contributed by atoms with van der Waals surface area (Å²) in [4.78, 5) is 0. The maximum atomic E-state index is 6.14. The topological polar surface area (TPSA) is 30.5 Å². The predicted molar refractivity (Wildman–Crippen MR) is 103 cm³/mol. The van der Waals surface area contributed by atoms with Crippen LogP contribution in [-0.4, -0.2) is 13.7 Å². The van der Waals surface area contributed by atoms with Gasteiger partial charge in [0.2, 0.25) is 0 Å². The van der Waals surface area contributed by atoms with Gasteiger partial charge in [0.25, 0.3) is 0 Å². The van der Waals surface area contributed by atoms with E-state index in [-0.39, 0.29) is 0 Å². The SMILES string of the molecule is CCCCNCc1c(Br)ccc(OC)c1OCc1cccc(C)c1. The van der Waals surface area contributed by atoms with Crippen LogP contribution in [0.25, 0.3) is 0 Å². The van der Waals surface area contributed by atoms with E-state index in [1.807, 2.05) is 12.1 Å². The van der Waals surface area contributed by atoms with Crippen molar-refractivity contribution < 1.29 is 9.47 Å². The fourth-order valence-electron chi connectivity index (χ4n) is 2.54. The lowest BCUT2D eigenvalue weighted by atomic mass is 10.1. The van der Waals surface area contributed by atoms with Gasteiger partial charge in [0, 0.05) is 16.6 Å². The van der Waals surface area contributed by atoms with Gasteiger partial charge in [-0.3, -0.25) is 0 Å². The van der Waals surface area contributed by atoms with Crippen molar-refractivity contribution in [2.45, 2.75) is 39.8 Å². The smallest absolute Gasteiger partial charge is 0.167 e. The Labute approximate surface area is 153 Å². The lowest BCUT2D eigenvalue weighted by Gasteiger charge is -2.17. The second-order valence-electron chi connectivity index (χ2n) is 5.87. The van der Waals surface area contributed by atoms with Crippen molar-refractivity contribution >= 4 is 15.9 Å². The maximum absolute atomic E-state index is 6.14. The zero-order valence-electron chi connectivity index (χ0n) is 14.7. The summed E-state index contributed by atoms with van der Waals surface area (Å²) in [5, 5.41) is 3.48. The number of aryl methyl sites for hydroxylation is 1. The van der Waals surface area contributed by atoms with Gasteiger partial charge in [0.05, 0.1) is 7.11 Å². The molecule has 0 amide bonds. The molecule has 0 aliphatic heterocycles. The first-order valence-corrected chi connectivity index (χ1v) is 9.19. The molecule has 0 radical (unpaired) electrons. The number of hydrogen-bond acceptors (Lipinski definition) is 3. The normalized spacial score (nSPS) is 10.7. The van der Waals surface area contributed by atoms with E-state index in [2.05, 4.69) is 59.4 Å². The number of ether oxygens (including phenoxy) is 2. The molecule has 0 aliphatic rings. The second kappa shape index (κ2) is 9.70. The van der Waals surface area contributed by atoms with Crippen LogP contribution in [0.3, 0.4) is 0 Å². The van der Waals surface area contributed by atoms with Crippen LogP contribution >= 0.6 is 15.9 Å². The van der Waals surface area contributed by atoms with E-state index >= 15 is 0 Å². The van der Waals surface area contributed by atoms with Crippen molar-refractivity contribution in [3.63, 3.8) is 0 Å². The largest absolute Gasteiger partial charge is 0.493 e. The summed E-state index contributed by atoms with van der Waals surface area (Å²) in [7, 11) is 1.68. The Balaban J connectivity index is 2.17. The van der Waals surface area contributed by atoms with Crippen LogP contribution in [0.4, 0.5) is 0 Å². The summed E-state index contributed by atoms with van der Waals surface area (Å²) in [5.74, 6) is 1.57. The summed E-state index contributed by atoms with van der Waals surface area (Å²) in [6, 6.07) is 12.3. The molecule has 0 bridgehead atoms. The van der Waals surface area contributed by atoms with E-state index in [9.17, 15) is 0 Å². The van der Waals surface area contributed by atoms with Gasteiger partial charge < -0.3 is 14.8 Å².